The lowest BCUT2D eigenvalue weighted by Crippen LogP contribution is -2.37. The lowest BCUT2D eigenvalue weighted by molar-refractivity contribution is -0.285. The number of rotatable bonds is 5. The van der Waals surface area contributed by atoms with E-state index in [1.807, 2.05) is 0 Å². The number of nitrogens with one attached hydrogen (secondary N) is 1. The largest absolute Gasteiger partial charge is 0.453 e. The Morgan fingerprint density at radius 1 is 1.16 bits per heavy atom. The van der Waals surface area contributed by atoms with Crippen LogP contribution in [0.1, 0.15) is 24.6 Å². The summed E-state index contributed by atoms with van der Waals surface area (Å²) >= 11 is 9.35. The van der Waals surface area contributed by atoms with Crippen molar-refractivity contribution in [3.63, 3.8) is 0 Å². The SMILES string of the molecule is CC1(c2ccc(Br)cn2)C(=O)Nc2nc(-c3nn(CCC(F)(F)C(F)(F)F)c4cc(Cl)ccc34)nc(N)c21. The number of carbonyl (C=O) groups excluding carboxylic acids is 1. The number of aryl methyl sites for hydroxylation is 1. The average Bonchev–Trinajstić information content (AvgIpc) is 3.32. The van der Waals surface area contributed by atoms with E-state index < -0.39 is 36.4 Å². The van der Waals surface area contributed by atoms with Crippen LogP contribution < -0.4 is 11.1 Å². The van der Waals surface area contributed by atoms with Crippen molar-refractivity contribution in [3.8, 4) is 11.5 Å². The minimum atomic E-state index is -5.71. The van der Waals surface area contributed by atoms with E-state index in [0.29, 0.717) is 15.6 Å². The second-order valence-corrected chi connectivity index (χ2v) is 10.1. The molecule has 8 nitrogen and oxygen atoms in total. The quantitative estimate of drug-likeness (QED) is 0.277. The maximum atomic E-state index is 13.6. The summed E-state index contributed by atoms with van der Waals surface area (Å²) in [7, 11) is 0. The standard InChI is InChI=1S/C23H16BrClF5N7O/c1-21(14-5-2-10(24)9-32-14)15-17(31)33-19(34-18(15)35-20(21)38)16-12-4-3-11(25)8-13(12)37(36-16)7-6-22(26,27)23(28,29)30/h2-5,8-9H,6-7H2,1H3,(H3,31,33,34,35,38). The Labute approximate surface area is 224 Å². The Balaban J connectivity index is 1.60. The van der Waals surface area contributed by atoms with E-state index in [2.05, 4.69) is 41.3 Å². The topological polar surface area (TPSA) is 112 Å². The molecule has 1 amide bonds. The number of amides is 1. The second kappa shape index (κ2) is 8.83. The number of hydrogen-bond donors (Lipinski definition) is 2. The molecule has 4 aromatic rings. The van der Waals surface area contributed by atoms with Gasteiger partial charge in [0.15, 0.2) is 5.82 Å². The number of aromatic nitrogens is 5. The molecule has 0 bridgehead atoms. The molecule has 5 rings (SSSR count). The van der Waals surface area contributed by atoms with E-state index in [0.717, 1.165) is 4.68 Å². The van der Waals surface area contributed by atoms with Crippen molar-refractivity contribution >= 4 is 56.0 Å². The van der Waals surface area contributed by atoms with Crippen molar-refractivity contribution < 1.29 is 26.7 Å². The Morgan fingerprint density at radius 3 is 2.55 bits per heavy atom. The molecular weight excluding hydrogens is 601 g/mol. The molecule has 0 saturated heterocycles. The van der Waals surface area contributed by atoms with Crippen LogP contribution in [0.4, 0.5) is 33.6 Å². The number of alkyl halides is 5. The van der Waals surface area contributed by atoms with Gasteiger partial charge in [0.2, 0.25) is 5.91 Å². The number of fused-ring (bicyclic) bond motifs is 2. The molecule has 15 heteroatoms. The van der Waals surface area contributed by atoms with Gasteiger partial charge >= 0.3 is 12.1 Å². The summed E-state index contributed by atoms with van der Waals surface area (Å²) in [5.41, 5.74) is 5.93. The Bertz CT molecular complexity index is 1590. The van der Waals surface area contributed by atoms with Crippen molar-refractivity contribution in [1.29, 1.82) is 0 Å². The highest BCUT2D eigenvalue weighted by atomic mass is 79.9. The molecule has 0 radical (unpaired) electrons. The molecule has 1 aromatic carbocycles. The van der Waals surface area contributed by atoms with Gasteiger partial charge in [-0.1, -0.05) is 11.6 Å². The monoisotopic (exact) mass is 615 g/mol. The molecule has 1 atom stereocenters. The predicted octanol–water partition coefficient (Wildman–Crippen LogP) is 5.73. The van der Waals surface area contributed by atoms with E-state index in [9.17, 15) is 26.7 Å². The van der Waals surface area contributed by atoms with Gasteiger partial charge in [0.1, 0.15) is 22.7 Å². The number of hydrogen-bond acceptors (Lipinski definition) is 6. The summed E-state index contributed by atoms with van der Waals surface area (Å²) in [6, 6.07) is 7.77. The van der Waals surface area contributed by atoms with Crippen molar-refractivity contribution in [1.82, 2.24) is 24.7 Å². The summed E-state index contributed by atoms with van der Waals surface area (Å²) in [5.74, 6) is -5.39. The first-order chi connectivity index (χ1) is 17.7. The van der Waals surface area contributed by atoms with E-state index in [4.69, 9.17) is 17.3 Å². The van der Waals surface area contributed by atoms with Gasteiger partial charge in [-0.25, -0.2) is 9.97 Å². The third-order valence-corrected chi connectivity index (χ3v) is 7.04. The Hall–Kier alpha value is -3.39. The summed E-state index contributed by atoms with van der Waals surface area (Å²) in [6.45, 7) is 0.852. The molecule has 3 aromatic heterocycles. The molecule has 38 heavy (non-hydrogen) atoms. The molecular formula is C23H16BrClF5N7O. The van der Waals surface area contributed by atoms with Gasteiger partial charge in [-0.05, 0) is 53.2 Å². The highest BCUT2D eigenvalue weighted by Crippen LogP contribution is 2.45. The number of anilines is 2. The van der Waals surface area contributed by atoms with Gasteiger partial charge in [-0.2, -0.15) is 27.1 Å². The van der Waals surface area contributed by atoms with Crippen molar-refractivity contribution in [2.24, 2.45) is 0 Å². The van der Waals surface area contributed by atoms with Crippen molar-refractivity contribution in [2.45, 2.75) is 37.4 Å². The molecule has 1 unspecified atom stereocenters. The summed E-state index contributed by atoms with van der Waals surface area (Å²) in [5, 5.41) is 7.45. The summed E-state index contributed by atoms with van der Waals surface area (Å²) in [4.78, 5) is 26.1. The highest BCUT2D eigenvalue weighted by molar-refractivity contribution is 9.10. The van der Waals surface area contributed by atoms with Crippen LogP contribution in [0.25, 0.3) is 22.4 Å². The summed E-state index contributed by atoms with van der Waals surface area (Å²) in [6.07, 6.45) is -5.72. The number of nitrogens with two attached hydrogens (primary N) is 1. The zero-order valence-corrected chi connectivity index (χ0v) is 21.6. The van der Waals surface area contributed by atoms with E-state index in [1.54, 1.807) is 19.1 Å². The van der Waals surface area contributed by atoms with Crippen LogP contribution in [0.2, 0.25) is 5.02 Å². The molecule has 0 spiro atoms. The van der Waals surface area contributed by atoms with Crippen LogP contribution in [0.5, 0.6) is 0 Å². The van der Waals surface area contributed by atoms with Crippen LogP contribution in [-0.4, -0.2) is 42.7 Å². The van der Waals surface area contributed by atoms with Gasteiger partial charge in [0.25, 0.3) is 0 Å². The highest BCUT2D eigenvalue weighted by Gasteiger charge is 2.56. The van der Waals surface area contributed by atoms with Gasteiger partial charge in [0.05, 0.1) is 16.8 Å². The fourth-order valence-electron chi connectivity index (χ4n) is 4.30. The lowest BCUT2D eigenvalue weighted by atomic mass is 9.81. The Morgan fingerprint density at radius 2 is 1.89 bits per heavy atom. The zero-order chi connectivity index (χ0) is 27.6. The van der Waals surface area contributed by atoms with E-state index in [1.165, 1.54) is 24.4 Å². The molecule has 1 aliphatic rings. The second-order valence-electron chi connectivity index (χ2n) is 8.78. The first kappa shape index (κ1) is 26.2. The summed E-state index contributed by atoms with van der Waals surface area (Å²) < 4.78 is 67.1. The van der Waals surface area contributed by atoms with Crippen LogP contribution in [0.3, 0.4) is 0 Å². The number of nitrogen functional groups attached to an aromatic ring is 1. The van der Waals surface area contributed by atoms with Gasteiger partial charge < -0.3 is 11.1 Å². The average molecular weight is 617 g/mol. The van der Waals surface area contributed by atoms with Crippen molar-refractivity contribution in [2.75, 3.05) is 11.1 Å². The number of halogens is 7. The molecule has 1 aliphatic heterocycles. The van der Waals surface area contributed by atoms with Crippen LogP contribution in [-0.2, 0) is 16.8 Å². The third kappa shape index (κ3) is 4.15. The maximum absolute atomic E-state index is 13.6. The molecule has 198 valence electrons. The fraction of sp³-hybridized carbons (Fsp3) is 0.261. The number of carbonyl (C=O) groups is 1. The van der Waals surface area contributed by atoms with Gasteiger partial charge in [-0.3, -0.25) is 14.5 Å². The first-order valence-electron chi connectivity index (χ1n) is 10.9. The number of pyridine rings is 1. The molecule has 0 aliphatic carbocycles. The van der Waals surface area contributed by atoms with Gasteiger partial charge in [-0.15, -0.1) is 0 Å². The first-order valence-corrected chi connectivity index (χ1v) is 12.1. The predicted molar refractivity (Wildman–Crippen MR) is 133 cm³/mol. The van der Waals surface area contributed by atoms with Crippen LogP contribution >= 0.6 is 27.5 Å². The Kier molecular flexibility index (Phi) is 6.10. The normalized spacial score (nSPS) is 17.6. The molecule has 0 fully saturated rings. The number of nitrogens with zero attached hydrogens (tertiary/aromatic N) is 5. The fourth-order valence-corrected chi connectivity index (χ4v) is 4.70. The molecule has 4 heterocycles. The minimum Gasteiger partial charge on any atom is -0.383 e. The zero-order valence-electron chi connectivity index (χ0n) is 19.2. The lowest BCUT2D eigenvalue weighted by Gasteiger charge is -2.22. The molecule has 0 saturated carbocycles. The van der Waals surface area contributed by atoms with Crippen LogP contribution in [0, 0.1) is 0 Å². The number of benzene rings is 1. The maximum Gasteiger partial charge on any atom is 0.453 e. The smallest absolute Gasteiger partial charge is 0.383 e. The minimum absolute atomic E-state index is 0.0594. The third-order valence-electron chi connectivity index (χ3n) is 6.34. The van der Waals surface area contributed by atoms with Crippen LogP contribution in [0.15, 0.2) is 41.0 Å². The molecule has 3 N–H and O–H groups in total. The van der Waals surface area contributed by atoms with Crippen molar-refractivity contribution in [3.05, 3.63) is 57.3 Å². The van der Waals surface area contributed by atoms with E-state index in [-0.39, 0.29) is 39.3 Å². The van der Waals surface area contributed by atoms with Gasteiger partial charge in [0, 0.05) is 34.0 Å². The van der Waals surface area contributed by atoms with E-state index >= 15 is 0 Å².